The molecule has 4 nitrogen and oxygen atoms in total. The van der Waals surface area contributed by atoms with Crippen LogP contribution in [0.5, 0.6) is 0 Å². The van der Waals surface area contributed by atoms with Gasteiger partial charge in [-0.2, -0.15) is 11.8 Å². The van der Waals surface area contributed by atoms with Crippen molar-refractivity contribution >= 4 is 17.7 Å². The Hall–Kier alpha value is -1.51. The van der Waals surface area contributed by atoms with Gasteiger partial charge in [0.15, 0.2) is 0 Å². The molecule has 0 bridgehead atoms. The van der Waals surface area contributed by atoms with Crippen LogP contribution in [-0.4, -0.2) is 47.4 Å². The molecular formula is C14H19N3OS. The number of aromatic nitrogens is 1. The van der Waals surface area contributed by atoms with Gasteiger partial charge in [-0.05, 0) is 25.3 Å². The van der Waals surface area contributed by atoms with Crippen LogP contribution >= 0.6 is 11.8 Å². The van der Waals surface area contributed by atoms with Crippen molar-refractivity contribution in [2.45, 2.75) is 13.0 Å². The Morgan fingerprint density at radius 3 is 3.00 bits per heavy atom. The number of nitrogens with zero attached hydrogens (tertiary/aromatic N) is 2. The highest BCUT2D eigenvalue weighted by Gasteiger charge is 2.20. The zero-order valence-electron chi connectivity index (χ0n) is 11.5. The van der Waals surface area contributed by atoms with E-state index in [1.165, 1.54) is 0 Å². The van der Waals surface area contributed by atoms with Crippen molar-refractivity contribution in [2.75, 3.05) is 25.6 Å². The van der Waals surface area contributed by atoms with Crippen molar-refractivity contribution in [3.05, 3.63) is 29.6 Å². The van der Waals surface area contributed by atoms with Crippen molar-refractivity contribution in [2.24, 2.45) is 5.73 Å². The lowest BCUT2D eigenvalue weighted by Crippen LogP contribution is -2.37. The summed E-state index contributed by atoms with van der Waals surface area (Å²) in [6, 6.07) is 3.71. The molecule has 19 heavy (non-hydrogen) atoms. The van der Waals surface area contributed by atoms with Crippen LogP contribution in [0.4, 0.5) is 0 Å². The molecule has 1 aromatic rings. The molecule has 102 valence electrons. The number of hydrogen-bond donors (Lipinski definition) is 1. The minimum Gasteiger partial charge on any atom is -0.337 e. The van der Waals surface area contributed by atoms with E-state index in [-0.39, 0.29) is 18.5 Å². The summed E-state index contributed by atoms with van der Waals surface area (Å²) >= 11 is 1.71. The third kappa shape index (κ3) is 4.27. The van der Waals surface area contributed by atoms with Crippen LogP contribution in [0.1, 0.15) is 23.0 Å². The van der Waals surface area contributed by atoms with Gasteiger partial charge in [0.1, 0.15) is 5.69 Å². The SMILES string of the molecule is CSCC(C)N(C)C(=O)c1ncccc1C#CCN. The Labute approximate surface area is 118 Å². The van der Waals surface area contributed by atoms with Crippen LogP contribution in [0.25, 0.3) is 0 Å². The third-order valence-electron chi connectivity index (χ3n) is 2.72. The second-order valence-electron chi connectivity index (χ2n) is 4.13. The number of rotatable bonds is 4. The Morgan fingerprint density at radius 2 is 2.37 bits per heavy atom. The Kier molecular flexibility index (Phi) is 6.40. The first-order valence-electron chi connectivity index (χ1n) is 6.01. The van der Waals surface area contributed by atoms with Crippen LogP contribution in [0.2, 0.25) is 0 Å². The lowest BCUT2D eigenvalue weighted by Gasteiger charge is -2.24. The average Bonchev–Trinajstić information content (AvgIpc) is 2.44. The smallest absolute Gasteiger partial charge is 0.273 e. The lowest BCUT2D eigenvalue weighted by atomic mass is 10.1. The van der Waals surface area contributed by atoms with Crippen LogP contribution in [0.15, 0.2) is 18.3 Å². The normalized spacial score (nSPS) is 11.4. The van der Waals surface area contributed by atoms with E-state index in [0.29, 0.717) is 11.3 Å². The molecule has 1 aromatic heterocycles. The van der Waals surface area contributed by atoms with Gasteiger partial charge in [0.25, 0.3) is 5.91 Å². The molecule has 1 unspecified atom stereocenters. The topological polar surface area (TPSA) is 59.2 Å². The van der Waals surface area contributed by atoms with E-state index in [4.69, 9.17) is 5.73 Å². The molecule has 0 aliphatic rings. The van der Waals surface area contributed by atoms with Crippen LogP contribution in [-0.2, 0) is 0 Å². The van der Waals surface area contributed by atoms with E-state index >= 15 is 0 Å². The van der Waals surface area contributed by atoms with Crippen molar-refractivity contribution in [3.8, 4) is 11.8 Å². The van der Waals surface area contributed by atoms with Crippen LogP contribution < -0.4 is 5.73 Å². The molecule has 2 N–H and O–H groups in total. The molecule has 1 heterocycles. The molecule has 1 rings (SSSR count). The van der Waals surface area contributed by atoms with Gasteiger partial charge in [-0.1, -0.05) is 11.8 Å². The summed E-state index contributed by atoms with van der Waals surface area (Å²) in [4.78, 5) is 18.3. The Bertz CT molecular complexity index is 493. The maximum atomic E-state index is 12.4. The maximum absolute atomic E-state index is 12.4. The summed E-state index contributed by atoms with van der Waals surface area (Å²) in [6.07, 6.45) is 3.63. The number of pyridine rings is 1. The van der Waals surface area contributed by atoms with Gasteiger partial charge in [-0.15, -0.1) is 0 Å². The highest BCUT2D eigenvalue weighted by atomic mass is 32.2. The fourth-order valence-electron chi connectivity index (χ4n) is 1.54. The quantitative estimate of drug-likeness (QED) is 0.841. The van der Waals surface area contributed by atoms with E-state index in [1.807, 2.05) is 13.2 Å². The summed E-state index contributed by atoms with van der Waals surface area (Å²) < 4.78 is 0. The molecule has 0 aliphatic carbocycles. The third-order valence-corrected chi connectivity index (χ3v) is 3.54. The number of amides is 1. The molecular weight excluding hydrogens is 258 g/mol. The van der Waals surface area contributed by atoms with Gasteiger partial charge in [0, 0.05) is 25.0 Å². The monoisotopic (exact) mass is 277 g/mol. The first kappa shape index (κ1) is 15.5. The molecule has 0 saturated heterocycles. The minimum absolute atomic E-state index is 0.108. The first-order chi connectivity index (χ1) is 9.11. The molecule has 0 fully saturated rings. The molecule has 0 aromatic carbocycles. The van der Waals surface area contributed by atoms with E-state index in [9.17, 15) is 4.79 Å². The molecule has 0 radical (unpaired) electrons. The zero-order chi connectivity index (χ0) is 14.3. The van der Waals surface area contributed by atoms with E-state index in [2.05, 4.69) is 16.8 Å². The van der Waals surface area contributed by atoms with E-state index < -0.39 is 0 Å². The Balaban J connectivity index is 2.99. The minimum atomic E-state index is -0.108. The molecule has 1 amide bonds. The fraction of sp³-hybridized carbons (Fsp3) is 0.429. The van der Waals surface area contributed by atoms with Crippen LogP contribution in [0.3, 0.4) is 0 Å². The van der Waals surface area contributed by atoms with Gasteiger partial charge in [-0.25, -0.2) is 4.98 Å². The lowest BCUT2D eigenvalue weighted by molar-refractivity contribution is 0.0751. The highest BCUT2D eigenvalue weighted by molar-refractivity contribution is 7.98. The molecule has 0 saturated carbocycles. The highest BCUT2D eigenvalue weighted by Crippen LogP contribution is 2.11. The van der Waals surface area contributed by atoms with Crippen molar-refractivity contribution < 1.29 is 4.79 Å². The summed E-state index contributed by atoms with van der Waals surface area (Å²) in [6.45, 7) is 2.28. The number of thioether (sulfide) groups is 1. The summed E-state index contributed by atoms with van der Waals surface area (Å²) in [5.74, 6) is 6.43. The average molecular weight is 277 g/mol. The van der Waals surface area contributed by atoms with Crippen molar-refractivity contribution in [1.82, 2.24) is 9.88 Å². The summed E-state index contributed by atoms with van der Waals surface area (Å²) in [5.41, 5.74) is 6.37. The predicted octanol–water partition coefficient (Wildman–Crippen LogP) is 1.22. The largest absolute Gasteiger partial charge is 0.337 e. The van der Waals surface area contributed by atoms with Crippen LogP contribution in [0, 0.1) is 11.8 Å². The van der Waals surface area contributed by atoms with Crippen molar-refractivity contribution in [3.63, 3.8) is 0 Å². The maximum Gasteiger partial charge on any atom is 0.273 e. The molecule has 1 atom stereocenters. The molecule has 5 heteroatoms. The van der Waals surface area contributed by atoms with Gasteiger partial charge >= 0.3 is 0 Å². The Morgan fingerprint density at radius 1 is 1.63 bits per heavy atom. The zero-order valence-corrected chi connectivity index (χ0v) is 12.3. The predicted molar refractivity (Wildman–Crippen MR) is 80.1 cm³/mol. The fourth-order valence-corrected chi connectivity index (χ4v) is 2.25. The van der Waals surface area contributed by atoms with Gasteiger partial charge in [0.2, 0.25) is 0 Å². The van der Waals surface area contributed by atoms with Gasteiger partial charge in [0.05, 0.1) is 12.1 Å². The number of hydrogen-bond acceptors (Lipinski definition) is 4. The first-order valence-corrected chi connectivity index (χ1v) is 7.41. The van der Waals surface area contributed by atoms with Crippen molar-refractivity contribution in [1.29, 1.82) is 0 Å². The number of carbonyl (C=O) groups is 1. The second-order valence-corrected chi connectivity index (χ2v) is 5.04. The number of nitrogens with two attached hydrogens (primary N) is 1. The second kappa shape index (κ2) is 7.82. The molecule has 0 aliphatic heterocycles. The van der Waals surface area contributed by atoms with E-state index in [1.54, 1.807) is 42.0 Å². The summed E-state index contributed by atoms with van der Waals surface area (Å²) in [7, 11) is 1.79. The summed E-state index contributed by atoms with van der Waals surface area (Å²) in [5, 5.41) is 0. The van der Waals surface area contributed by atoms with Gasteiger partial charge in [-0.3, -0.25) is 4.79 Å². The van der Waals surface area contributed by atoms with Gasteiger partial charge < -0.3 is 10.6 Å². The standard InChI is InChI=1S/C14H19N3OS/c1-11(10-19-3)17(2)14(18)13-12(6-4-8-15)7-5-9-16-13/h5,7,9,11H,8,10,15H2,1-3H3. The molecule has 0 spiro atoms. The number of carbonyl (C=O) groups excluding carboxylic acids is 1. The van der Waals surface area contributed by atoms with E-state index in [0.717, 1.165) is 5.75 Å².